The van der Waals surface area contributed by atoms with Crippen molar-refractivity contribution in [3.05, 3.63) is 0 Å². The quantitative estimate of drug-likeness (QED) is 0.0253. The molecular formula is C51H90N8O26. The van der Waals surface area contributed by atoms with E-state index in [-0.39, 0.29) is 77.0 Å². The first-order valence-electron chi connectivity index (χ1n) is 28.3. The van der Waals surface area contributed by atoms with Gasteiger partial charge in [-0.25, -0.2) is 0 Å². The predicted molar refractivity (Wildman–Crippen MR) is 287 cm³/mol. The molecule has 20 N–H and O–H groups in total. The number of amides is 6. The fourth-order valence-electron chi connectivity index (χ4n) is 9.00. The van der Waals surface area contributed by atoms with Gasteiger partial charge in [-0.05, 0) is 52.0 Å². The van der Waals surface area contributed by atoms with Gasteiger partial charge in [-0.3, -0.25) is 43.3 Å². The number of aliphatic hydroxyl groups is 12. The maximum absolute atomic E-state index is 13.6. The minimum absolute atomic E-state index is 0.157. The van der Waals surface area contributed by atoms with Crippen molar-refractivity contribution in [2.75, 3.05) is 98.5 Å². The van der Waals surface area contributed by atoms with Gasteiger partial charge in [-0.1, -0.05) is 6.42 Å². The van der Waals surface area contributed by atoms with Crippen molar-refractivity contribution in [3.8, 4) is 0 Å². The molecule has 0 radical (unpaired) electrons. The van der Waals surface area contributed by atoms with Crippen molar-refractivity contribution in [2.24, 2.45) is 11.7 Å². The molecule has 34 heteroatoms. The summed E-state index contributed by atoms with van der Waals surface area (Å²) in [6.45, 7) is -4.44. The van der Waals surface area contributed by atoms with E-state index in [2.05, 4.69) is 31.9 Å². The van der Waals surface area contributed by atoms with E-state index in [9.17, 15) is 99.6 Å². The highest BCUT2D eigenvalue weighted by Crippen LogP contribution is 2.24. The molecule has 0 bridgehead atoms. The lowest BCUT2D eigenvalue weighted by Crippen LogP contribution is -2.59. The minimum Gasteiger partial charge on any atom is -0.394 e. The third-order valence-electron chi connectivity index (χ3n) is 14.0. The molecule has 85 heavy (non-hydrogen) atoms. The van der Waals surface area contributed by atoms with Crippen LogP contribution in [0.4, 0.5) is 0 Å². The van der Waals surface area contributed by atoms with Crippen molar-refractivity contribution in [3.63, 3.8) is 0 Å². The standard InChI is InChI=1S/C51H90N8O26/c1-27(63)30(7-4-5-11-52)58-35(66)8-3-2-6-12-53-34(65)10-9-28(48(79)56-15-18-82-51-47(78)44(75)41(72)33(26-62)85-51)19-29(64)20-57-38(69)23-59(21-36(67)54-13-16-80-49-45(76)42(73)39(70)31(24-60)83-49)22-37(68)55-14-17-81-50-46(77)43(74)40(71)32(25-61)84-50/h28,30-33,39-47,49-51,60-62,70-78H,2-26,52H2,1H3,(H,53,65)(H,54,67)(H,55,68)(H,56,79)(H,57,69)(H,58,66)/t28-,30+,31-,32-,33-,39-,40-,41-,42+,43+,44+,45+,46+,47+,49+,50+,51+/m1/s1. The van der Waals surface area contributed by atoms with Crippen molar-refractivity contribution >= 4 is 47.0 Å². The van der Waals surface area contributed by atoms with Crippen molar-refractivity contribution in [2.45, 2.75) is 169 Å². The Balaban J connectivity index is 1.61. The number of aliphatic hydroxyl groups excluding tert-OH is 12. The highest BCUT2D eigenvalue weighted by Gasteiger charge is 2.46. The maximum Gasteiger partial charge on any atom is 0.234 e. The topological polar surface area (TPSA) is 536 Å². The van der Waals surface area contributed by atoms with Crippen LogP contribution >= 0.6 is 0 Å². The van der Waals surface area contributed by atoms with E-state index in [0.29, 0.717) is 38.6 Å². The summed E-state index contributed by atoms with van der Waals surface area (Å²) in [5.41, 5.74) is 5.52. The molecule has 3 fully saturated rings. The zero-order valence-corrected chi connectivity index (χ0v) is 47.6. The van der Waals surface area contributed by atoms with Crippen LogP contribution in [0.5, 0.6) is 0 Å². The predicted octanol–water partition coefficient (Wildman–Crippen LogP) is -10.6. The summed E-state index contributed by atoms with van der Waals surface area (Å²) in [6, 6.07) is -0.597. The molecule has 6 amide bonds. The average Bonchev–Trinajstić information content (AvgIpc) is 3.58. The fraction of sp³-hybridized carbons (Fsp3) is 0.843. The number of carbonyl (C=O) groups is 8. The van der Waals surface area contributed by atoms with Crippen molar-refractivity contribution < 1.29 is 128 Å². The molecule has 3 aliphatic rings. The van der Waals surface area contributed by atoms with E-state index in [1.54, 1.807) is 0 Å². The van der Waals surface area contributed by atoms with Gasteiger partial charge in [-0.15, -0.1) is 0 Å². The van der Waals surface area contributed by atoms with Gasteiger partial charge in [0.1, 0.15) is 73.2 Å². The van der Waals surface area contributed by atoms with Crippen LogP contribution in [0.3, 0.4) is 0 Å². The second-order valence-electron chi connectivity index (χ2n) is 20.8. The lowest BCUT2D eigenvalue weighted by molar-refractivity contribution is -0.300. The number of unbranched alkanes of at least 4 members (excludes halogenated alkanes) is 3. The van der Waals surface area contributed by atoms with Gasteiger partial charge in [0.2, 0.25) is 35.4 Å². The molecule has 0 saturated carbocycles. The summed E-state index contributed by atoms with van der Waals surface area (Å²) < 4.78 is 32.0. The maximum atomic E-state index is 13.6. The summed E-state index contributed by atoms with van der Waals surface area (Å²) in [4.78, 5) is 105. The molecule has 34 nitrogen and oxygen atoms in total. The van der Waals surface area contributed by atoms with Gasteiger partial charge in [0.15, 0.2) is 30.4 Å². The number of nitrogens with zero attached hydrogens (tertiary/aromatic N) is 1. The Hall–Kier alpha value is -4.64. The van der Waals surface area contributed by atoms with E-state index in [1.807, 2.05) is 0 Å². The number of hydrogen-bond donors (Lipinski definition) is 19. The lowest BCUT2D eigenvalue weighted by Gasteiger charge is -2.39. The van der Waals surface area contributed by atoms with Gasteiger partial charge in [-0.2, -0.15) is 0 Å². The van der Waals surface area contributed by atoms with Crippen LogP contribution in [-0.2, 0) is 66.8 Å². The smallest absolute Gasteiger partial charge is 0.234 e. The van der Waals surface area contributed by atoms with Crippen LogP contribution in [0.1, 0.15) is 71.1 Å². The molecule has 0 aromatic rings. The fourth-order valence-corrected chi connectivity index (χ4v) is 9.00. The number of Topliss-reactive ketones (excluding diaryl/α,β-unsaturated/α-hetero) is 2. The minimum atomic E-state index is -1.73. The molecule has 0 aromatic heterocycles. The summed E-state index contributed by atoms with van der Waals surface area (Å²) in [7, 11) is 0. The number of ketones is 2. The average molecular weight is 1230 g/mol. The zero-order chi connectivity index (χ0) is 63.2. The Morgan fingerprint density at radius 1 is 0.482 bits per heavy atom. The second-order valence-corrected chi connectivity index (χ2v) is 20.8. The number of nitrogens with two attached hydrogens (primary N) is 1. The van der Waals surface area contributed by atoms with Crippen LogP contribution in [0.2, 0.25) is 0 Å². The van der Waals surface area contributed by atoms with Gasteiger partial charge < -0.3 is 127 Å². The lowest BCUT2D eigenvalue weighted by atomic mass is 9.95. The summed E-state index contributed by atoms with van der Waals surface area (Å²) in [6.07, 6.45) is -21.0. The molecule has 490 valence electrons. The van der Waals surface area contributed by atoms with Crippen LogP contribution in [0, 0.1) is 5.92 Å². The molecule has 0 aromatic carbocycles. The Morgan fingerprint density at radius 2 is 0.918 bits per heavy atom. The summed E-state index contributed by atoms with van der Waals surface area (Å²) >= 11 is 0. The Kier molecular flexibility index (Phi) is 35.1. The first-order valence-corrected chi connectivity index (χ1v) is 28.3. The van der Waals surface area contributed by atoms with E-state index < -0.39 is 192 Å². The molecule has 3 aliphatic heterocycles. The molecule has 0 spiro atoms. The van der Waals surface area contributed by atoms with E-state index in [4.69, 9.17) is 34.2 Å². The third kappa shape index (κ3) is 26.3. The van der Waals surface area contributed by atoms with E-state index in [1.165, 1.54) is 6.92 Å². The second kappa shape index (κ2) is 40.0. The Morgan fingerprint density at radius 3 is 1.35 bits per heavy atom. The van der Waals surface area contributed by atoms with Gasteiger partial charge in [0, 0.05) is 51.4 Å². The Bertz CT molecular complexity index is 1990. The SMILES string of the molecule is CC(=O)[C@H](CCCCN)NC(=O)CCCCCNC(=O)CC[C@H](CC(=O)CNC(=O)CN(CC(=O)NCCO[C@H]1O[C@H](CO)[C@@H](O)[C@H](O)[C@@H]1O)CC(=O)NCCO[C@H]1O[C@H](CO)[C@@H](O)[C@H](O)[C@@H]1O)C(=O)NCCO[C@H]1O[C@H](CO)[C@@H](O)[C@H](O)[C@@H]1O. The van der Waals surface area contributed by atoms with Crippen LogP contribution < -0.4 is 37.6 Å². The van der Waals surface area contributed by atoms with Crippen molar-refractivity contribution in [1.29, 1.82) is 0 Å². The summed E-state index contributed by atoms with van der Waals surface area (Å²) in [5.74, 6) is -5.92. The highest BCUT2D eigenvalue weighted by molar-refractivity contribution is 5.91. The molecule has 3 heterocycles. The monoisotopic (exact) mass is 1230 g/mol. The Labute approximate surface area is 490 Å². The molecule has 0 aliphatic carbocycles. The molecule has 0 unspecified atom stereocenters. The molecule has 17 atom stereocenters. The number of nitrogens with one attached hydrogen (secondary N) is 6. The first-order chi connectivity index (χ1) is 40.5. The normalized spacial score (nSPS) is 28.4. The van der Waals surface area contributed by atoms with Crippen LogP contribution in [-0.4, -0.2) is 310 Å². The van der Waals surface area contributed by atoms with Gasteiger partial charge in [0.25, 0.3) is 0 Å². The first kappa shape index (κ1) is 74.6. The van der Waals surface area contributed by atoms with Crippen LogP contribution in [0.15, 0.2) is 0 Å². The molecule has 3 rings (SSSR count). The molecule has 3 saturated heterocycles. The van der Waals surface area contributed by atoms with Crippen LogP contribution in [0.25, 0.3) is 0 Å². The number of rotatable bonds is 41. The van der Waals surface area contributed by atoms with E-state index in [0.717, 1.165) is 11.3 Å². The highest BCUT2D eigenvalue weighted by atomic mass is 16.7. The number of carbonyl (C=O) groups excluding carboxylic acids is 8. The zero-order valence-electron chi connectivity index (χ0n) is 47.6. The third-order valence-corrected chi connectivity index (χ3v) is 14.0. The van der Waals surface area contributed by atoms with Gasteiger partial charge in [0.05, 0.1) is 71.9 Å². The van der Waals surface area contributed by atoms with Gasteiger partial charge >= 0.3 is 0 Å². The number of ether oxygens (including phenoxy) is 6. The molecular weight excluding hydrogens is 1140 g/mol. The number of hydrogen-bond acceptors (Lipinski definition) is 28. The van der Waals surface area contributed by atoms with E-state index >= 15 is 0 Å². The summed E-state index contributed by atoms with van der Waals surface area (Å²) in [5, 5.41) is 135. The van der Waals surface area contributed by atoms with Crippen molar-refractivity contribution in [1.82, 2.24) is 36.8 Å². The largest absolute Gasteiger partial charge is 0.394 e.